The molecule has 0 radical (unpaired) electrons. The first-order valence-corrected chi connectivity index (χ1v) is 8.72. The Morgan fingerprint density at radius 1 is 1.32 bits per heavy atom. The van der Waals surface area contributed by atoms with Crippen LogP contribution >= 0.6 is 11.6 Å². The van der Waals surface area contributed by atoms with E-state index in [-0.39, 0.29) is 22.0 Å². The highest BCUT2D eigenvalue weighted by molar-refractivity contribution is 7.89. The lowest BCUT2D eigenvalue weighted by molar-refractivity contribution is 0.0600. The molecule has 22 heavy (non-hydrogen) atoms. The van der Waals surface area contributed by atoms with E-state index in [1.54, 1.807) is 0 Å². The summed E-state index contributed by atoms with van der Waals surface area (Å²) in [6, 6.07) is 3.86. The highest BCUT2D eigenvalue weighted by atomic mass is 35.5. The van der Waals surface area contributed by atoms with Gasteiger partial charge < -0.3 is 10.5 Å². The average Bonchev–Trinajstić information content (AvgIpc) is 2.51. The zero-order valence-corrected chi connectivity index (χ0v) is 14.4. The van der Waals surface area contributed by atoms with Gasteiger partial charge in [0.2, 0.25) is 10.0 Å². The topological polar surface area (TPSA) is 98.5 Å². The van der Waals surface area contributed by atoms with Crippen LogP contribution in [0.5, 0.6) is 0 Å². The Morgan fingerprint density at radius 3 is 2.36 bits per heavy atom. The van der Waals surface area contributed by atoms with Crippen LogP contribution in [0.2, 0.25) is 5.02 Å². The van der Waals surface area contributed by atoms with Crippen molar-refractivity contribution in [2.75, 3.05) is 13.7 Å². The van der Waals surface area contributed by atoms with E-state index >= 15 is 0 Å². The molecule has 0 aliphatic rings. The van der Waals surface area contributed by atoms with Crippen LogP contribution in [0.4, 0.5) is 0 Å². The first kappa shape index (κ1) is 18.9. The van der Waals surface area contributed by atoms with Crippen molar-refractivity contribution in [1.29, 1.82) is 0 Å². The number of hydrogen-bond donors (Lipinski definition) is 2. The first-order valence-electron chi connectivity index (χ1n) is 6.86. The van der Waals surface area contributed by atoms with E-state index in [1.165, 1.54) is 25.3 Å². The van der Waals surface area contributed by atoms with Gasteiger partial charge in [0.25, 0.3) is 0 Å². The summed E-state index contributed by atoms with van der Waals surface area (Å²) in [6.07, 6.45) is 1.09. The van der Waals surface area contributed by atoms with Crippen LogP contribution in [0, 0.1) is 0 Å². The van der Waals surface area contributed by atoms with Crippen LogP contribution < -0.4 is 10.5 Å². The van der Waals surface area contributed by atoms with Gasteiger partial charge in [-0.05, 0) is 31.0 Å². The second-order valence-corrected chi connectivity index (χ2v) is 7.08. The van der Waals surface area contributed by atoms with Gasteiger partial charge in [0.1, 0.15) is 0 Å². The maximum Gasteiger partial charge on any atom is 0.337 e. The fraction of sp³-hybridized carbons (Fsp3) is 0.500. The minimum Gasteiger partial charge on any atom is -0.465 e. The van der Waals surface area contributed by atoms with Crippen LogP contribution in [-0.2, 0) is 14.8 Å². The van der Waals surface area contributed by atoms with Crippen molar-refractivity contribution in [2.45, 2.75) is 37.1 Å². The van der Waals surface area contributed by atoms with Gasteiger partial charge in [0, 0.05) is 17.1 Å². The Morgan fingerprint density at radius 2 is 1.91 bits per heavy atom. The van der Waals surface area contributed by atoms with Crippen molar-refractivity contribution in [3.05, 3.63) is 28.8 Å². The van der Waals surface area contributed by atoms with Crippen LogP contribution in [0.15, 0.2) is 23.1 Å². The van der Waals surface area contributed by atoms with E-state index < -0.39 is 21.5 Å². The van der Waals surface area contributed by atoms with E-state index in [1.807, 2.05) is 13.8 Å². The number of rotatable bonds is 7. The first-order chi connectivity index (χ1) is 10.2. The summed E-state index contributed by atoms with van der Waals surface area (Å²) in [6.45, 7) is 3.89. The van der Waals surface area contributed by atoms with E-state index in [0.717, 1.165) is 0 Å². The quantitative estimate of drug-likeness (QED) is 0.733. The van der Waals surface area contributed by atoms with Gasteiger partial charge in [-0.15, -0.1) is 0 Å². The predicted octanol–water partition coefficient (Wildman–Crippen LogP) is 1.92. The highest BCUT2D eigenvalue weighted by Crippen LogP contribution is 2.23. The smallest absolute Gasteiger partial charge is 0.337 e. The molecular weight excluding hydrogens is 328 g/mol. The molecule has 0 saturated carbocycles. The Labute approximate surface area is 136 Å². The number of sulfonamides is 1. The number of nitrogens with two attached hydrogens (primary N) is 1. The third kappa shape index (κ3) is 4.19. The molecule has 0 spiro atoms. The number of carbonyl (C=O) groups excluding carboxylic acids is 1. The predicted molar refractivity (Wildman–Crippen MR) is 85.5 cm³/mol. The Balaban J connectivity index is 3.28. The van der Waals surface area contributed by atoms with Gasteiger partial charge in [0.15, 0.2) is 0 Å². The zero-order valence-electron chi connectivity index (χ0n) is 12.8. The van der Waals surface area contributed by atoms with Crippen molar-refractivity contribution in [3.63, 3.8) is 0 Å². The fourth-order valence-electron chi connectivity index (χ4n) is 2.02. The zero-order chi connectivity index (χ0) is 17.0. The molecule has 0 unspecified atom stereocenters. The summed E-state index contributed by atoms with van der Waals surface area (Å²) in [5, 5.41) is 0.134. The van der Waals surface area contributed by atoms with E-state index in [0.29, 0.717) is 12.8 Å². The van der Waals surface area contributed by atoms with Gasteiger partial charge in [-0.3, -0.25) is 0 Å². The number of ether oxygens (including phenoxy) is 1. The molecule has 0 bridgehead atoms. The minimum atomic E-state index is -3.86. The number of halogens is 1. The largest absolute Gasteiger partial charge is 0.465 e. The number of carbonyl (C=O) groups is 1. The molecular formula is C14H21ClN2O4S. The third-order valence-corrected chi connectivity index (χ3v) is 5.47. The van der Waals surface area contributed by atoms with Gasteiger partial charge in [-0.2, -0.15) is 0 Å². The molecule has 1 rings (SSSR count). The molecule has 0 heterocycles. The van der Waals surface area contributed by atoms with Crippen LogP contribution in [0.25, 0.3) is 0 Å². The van der Waals surface area contributed by atoms with Crippen molar-refractivity contribution in [2.24, 2.45) is 5.73 Å². The Kier molecular flexibility index (Phi) is 6.37. The normalized spacial score (nSPS) is 12.2. The van der Waals surface area contributed by atoms with Crippen molar-refractivity contribution in [1.82, 2.24) is 4.72 Å². The van der Waals surface area contributed by atoms with E-state index in [9.17, 15) is 13.2 Å². The molecule has 0 fully saturated rings. The molecule has 0 saturated heterocycles. The average molecular weight is 349 g/mol. The molecule has 3 N–H and O–H groups in total. The SMILES string of the molecule is CCC(CC)(CN)NS(=O)(=O)c1cc(Cl)cc(C(=O)OC)c1. The van der Waals surface area contributed by atoms with E-state index in [4.69, 9.17) is 17.3 Å². The van der Waals surface area contributed by atoms with Crippen molar-refractivity contribution >= 4 is 27.6 Å². The second-order valence-electron chi connectivity index (χ2n) is 4.96. The summed E-state index contributed by atoms with van der Waals surface area (Å²) in [4.78, 5) is 11.5. The number of benzene rings is 1. The summed E-state index contributed by atoms with van der Waals surface area (Å²) in [5.41, 5.74) is 5.06. The lowest BCUT2D eigenvalue weighted by Gasteiger charge is -2.31. The monoisotopic (exact) mass is 348 g/mol. The molecule has 0 amide bonds. The summed E-state index contributed by atoms with van der Waals surface area (Å²) >= 11 is 5.91. The Bertz CT molecular complexity index is 634. The number of hydrogen-bond acceptors (Lipinski definition) is 5. The standard InChI is InChI=1S/C14H21ClN2O4S/c1-4-14(5-2,9-16)17-22(19,20)12-7-10(13(18)21-3)6-11(15)8-12/h6-8,17H,4-5,9,16H2,1-3H3. The van der Waals surface area contributed by atoms with Crippen molar-refractivity contribution in [3.8, 4) is 0 Å². The summed E-state index contributed by atoms with van der Waals surface area (Å²) < 4.78 is 32.3. The summed E-state index contributed by atoms with van der Waals surface area (Å²) in [5.74, 6) is -0.657. The van der Waals surface area contributed by atoms with Crippen molar-refractivity contribution < 1.29 is 17.9 Å². The molecule has 6 nitrogen and oxygen atoms in total. The van der Waals surface area contributed by atoms with E-state index in [2.05, 4.69) is 9.46 Å². The van der Waals surface area contributed by atoms with Crippen LogP contribution in [0.3, 0.4) is 0 Å². The molecule has 0 aliphatic carbocycles. The number of methoxy groups -OCH3 is 1. The van der Waals surface area contributed by atoms with Gasteiger partial charge in [0.05, 0.1) is 17.6 Å². The maximum absolute atomic E-state index is 12.6. The molecule has 0 atom stereocenters. The molecule has 1 aromatic carbocycles. The molecule has 1 aromatic rings. The molecule has 0 aromatic heterocycles. The van der Waals surface area contributed by atoms with Crippen LogP contribution in [0.1, 0.15) is 37.0 Å². The summed E-state index contributed by atoms with van der Waals surface area (Å²) in [7, 11) is -2.65. The number of nitrogens with one attached hydrogen (secondary N) is 1. The lowest BCUT2D eigenvalue weighted by atomic mass is 9.95. The fourth-order valence-corrected chi connectivity index (χ4v) is 3.95. The molecule has 0 aliphatic heterocycles. The maximum atomic E-state index is 12.6. The van der Waals surface area contributed by atoms with Gasteiger partial charge in [-0.1, -0.05) is 25.4 Å². The minimum absolute atomic E-state index is 0.0710. The Hall–Kier alpha value is -1.15. The number of esters is 1. The molecule has 8 heteroatoms. The van der Waals surface area contributed by atoms with Gasteiger partial charge in [-0.25, -0.2) is 17.9 Å². The lowest BCUT2D eigenvalue weighted by Crippen LogP contribution is -2.52. The third-order valence-electron chi connectivity index (χ3n) is 3.70. The molecule has 124 valence electrons. The highest BCUT2D eigenvalue weighted by Gasteiger charge is 2.31. The van der Waals surface area contributed by atoms with Crippen LogP contribution in [-0.4, -0.2) is 33.6 Å². The van der Waals surface area contributed by atoms with Gasteiger partial charge >= 0.3 is 5.97 Å². The second kappa shape index (κ2) is 7.41.